The van der Waals surface area contributed by atoms with Gasteiger partial charge in [-0.05, 0) is 55.8 Å². The van der Waals surface area contributed by atoms with Crippen LogP contribution < -0.4 is 24.3 Å². The molecule has 28 heavy (non-hydrogen) atoms. The topological polar surface area (TPSA) is 89.8 Å². The molecule has 1 amide bonds. The second kappa shape index (κ2) is 9.00. The Balaban J connectivity index is 2.08. The summed E-state index contributed by atoms with van der Waals surface area (Å²) in [5, 5.41) is 11.7. The highest BCUT2D eigenvalue weighted by atomic mass is 16.5. The summed E-state index contributed by atoms with van der Waals surface area (Å²) < 4.78 is 21.7. The molecule has 2 rings (SSSR count). The Morgan fingerprint density at radius 3 is 2.07 bits per heavy atom. The maximum atomic E-state index is 12.6. The molecule has 0 unspecified atom stereocenters. The molecule has 0 aromatic heterocycles. The third-order valence-corrected chi connectivity index (χ3v) is 4.08. The maximum Gasteiger partial charge on any atom is 0.263 e. The van der Waals surface area contributed by atoms with E-state index in [2.05, 4.69) is 5.32 Å². The van der Waals surface area contributed by atoms with Gasteiger partial charge in [0.1, 0.15) is 5.75 Å². The lowest BCUT2D eigenvalue weighted by atomic mass is 10.1. The van der Waals surface area contributed by atoms with Crippen LogP contribution in [-0.4, -0.2) is 32.8 Å². The van der Waals surface area contributed by atoms with Crippen LogP contribution >= 0.6 is 0 Å². The van der Waals surface area contributed by atoms with Crippen LogP contribution in [0.5, 0.6) is 23.0 Å². The smallest absolute Gasteiger partial charge is 0.263 e. The molecule has 0 atom stereocenters. The third-order valence-electron chi connectivity index (χ3n) is 4.08. The predicted molar refractivity (Wildman–Crippen MR) is 104 cm³/mol. The van der Waals surface area contributed by atoms with Crippen molar-refractivity contribution in [1.82, 2.24) is 5.32 Å². The van der Waals surface area contributed by atoms with Gasteiger partial charge in [-0.2, -0.15) is 5.26 Å². The zero-order valence-corrected chi connectivity index (χ0v) is 16.7. The molecule has 7 heteroatoms. The normalized spacial score (nSPS) is 10.6. The molecule has 2 aromatic rings. The number of carbonyl (C=O) groups excluding carboxylic acids is 1. The van der Waals surface area contributed by atoms with Crippen molar-refractivity contribution in [3.05, 3.63) is 47.5 Å². The van der Waals surface area contributed by atoms with Gasteiger partial charge in [-0.1, -0.05) is 0 Å². The number of ether oxygens (including phenoxy) is 4. The zero-order valence-electron chi connectivity index (χ0n) is 16.7. The highest BCUT2D eigenvalue weighted by molar-refractivity contribution is 5.84. The molecular formula is C21H24N2O5. The minimum Gasteiger partial charge on any atom is -0.493 e. The monoisotopic (exact) mass is 384 g/mol. The number of carbonyl (C=O) groups is 1. The molecule has 2 aromatic carbocycles. The van der Waals surface area contributed by atoms with Crippen LogP contribution in [0.15, 0.2) is 36.4 Å². The average molecular weight is 384 g/mol. The van der Waals surface area contributed by atoms with Gasteiger partial charge in [-0.15, -0.1) is 0 Å². The fraction of sp³-hybridized carbons (Fsp3) is 0.333. The van der Waals surface area contributed by atoms with E-state index in [9.17, 15) is 4.79 Å². The van der Waals surface area contributed by atoms with Gasteiger partial charge in [-0.25, -0.2) is 0 Å². The fourth-order valence-electron chi connectivity index (χ4n) is 2.57. The number of benzene rings is 2. The summed E-state index contributed by atoms with van der Waals surface area (Å²) in [7, 11) is 4.60. The van der Waals surface area contributed by atoms with E-state index >= 15 is 0 Å². The van der Waals surface area contributed by atoms with Crippen molar-refractivity contribution >= 4 is 5.91 Å². The van der Waals surface area contributed by atoms with E-state index in [1.54, 1.807) is 50.2 Å². The molecule has 0 bridgehead atoms. The quantitative estimate of drug-likeness (QED) is 0.752. The number of nitrogens with zero attached hydrogens (tertiary/aromatic N) is 1. The molecule has 0 fully saturated rings. The molecule has 0 saturated heterocycles. The van der Waals surface area contributed by atoms with Gasteiger partial charge in [0.2, 0.25) is 5.75 Å². The van der Waals surface area contributed by atoms with Crippen LogP contribution in [0.25, 0.3) is 0 Å². The zero-order chi connectivity index (χ0) is 20.7. The Hall–Kier alpha value is -3.40. The second-order valence-corrected chi connectivity index (χ2v) is 6.46. The van der Waals surface area contributed by atoms with Crippen molar-refractivity contribution in [2.75, 3.05) is 21.3 Å². The van der Waals surface area contributed by atoms with Gasteiger partial charge in [0.25, 0.3) is 5.91 Å². The highest BCUT2D eigenvalue weighted by Gasteiger charge is 2.30. The molecular weight excluding hydrogens is 360 g/mol. The summed E-state index contributed by atoms with van der Waals surface area (Å²) in [4.78, 5) is 12.6. The van der Waals surface area contributed by atoms with E-state index in [4.69, 9.17) is 24.2 Å². The Kier molecular flexibility index (Phi) is 6.72. The minimum absolute atomic E-state index is 0.260. The van der Waals surface area contributed by atoms with Crippen LogP contribution in [-0.2, 0) is 11.3 Å². The lowest BCUT2D eigenvalue weighted by Gasteiger charge is -2.25. The predicted octanol–water partition coefficient (Wildman–Crippen LogP) is 3.06. The number of nitrogens with one attached hydrogen (secondary N) is 1. The van der Waals surface area contributed by atoms with Crippen LogP contribution in [0.3, 0.4) is 0 Å². The fourth-order valence-corrected chi connectivity index (χ4v) is 2.57. The lowest BCUT2D eigenvalue weighted by Crippen LogP contribution is -2.46. The first-order chi connectivity index (χ1) is 13.3. The molecule has 0 aliphatic rings. The summed E-state index contributed by atoms with van der Waals surface area (Å²) in [6.07, 6.45) is 0. The van der Waals surface area contributed by atoms with Crippen LogP contribution in [0.2, 0.25) is 0 Å². The van der Waals surface area contributed by atoms with Gasteiger partial charge in [0.15, 0.2) is 17.1 Å². The number of nitriles is 1. The van der Waals surface area contributed by atoms with Crippen molar-refractivity contribution < 1.29 is 23.7 Å². The molecule has 0 aliphatic heterocycles. The van der Waals surface area contributed by atoms with E-state index in [1.165, 1.54) is 21.3 Å². The minimum atomic E-state index is -1.10. The number of amides is 1. The maximum absolute atomic E-state index is 12.6. The lowest BCUT2D eigenvalue weighted by molar-refractivity contribution is -0.134. The Labute approximate surface area is 164 Å². The van der Waals surface area contributed by atoms with E-state index in [0.29, 0.717) is 28.6 Å². The van der Waals surface area contributed by atoms with E-state index in [-0.39, 0.29) is 12.5 Å². The molecule has 0 saturated carbocycles. The van der Waals surface area contributed by atoms with Gasteiger partial charge in [-0.3, -0.25) is 4.79 Å². The summed E-state index contributed by atoms with van der Waals surface area (Å²) in [5.41, 5.74) is 0.212. The van der Waals surface area contributed by atoms with Crippen LogP contribution in [0, 0.1) is 11.3 Å². The average Bonchev–Trinajstić information content (AvgIpc) is 2.71. The van der Waals surface area contributed by atoms with Crippen molar-refractivity contribution in [2.45, 2.75) is 26.0 Å². The first-order valence-corrected chi connectivity index (χ1v) is 8.61. The Morgan fingerprint density at radius 2 is 1.61 bits per heavy atom. The molecule has 148 valence electrons. The standard InChI is InChI=1S/C21H24N2O5/c1-21(2,28-16-8-6-14(12-22)7-9-16)20(24)23-13-15-10-17(25-3)19(27-5)18(11-15)26-4/h6-11H,13H2,1-5H3,(H,23,24). The van der Waals surface area contributed by atoms with E-state index in [1.807, 2.05) is 6.07 Å². The Morgan fingerprint density at radius 1 is 1.04 bits per heavy atom. The highest BCUT2D eigenvalue weighted by Crippen LogP contribution is 2.38. The van der Waals surface area contributed by atoms with Gasteiger partial charge in [0.05, 0.1) is 33.0 Å². The van der Waals surface area contributed by atoms with Crippen molar-refractivity contribution in [2.24, 2.45) is 0 Å². The molecule has 0 spiro atoms. The van der Waals surface area contributed by atoms with Crippen molar-refractivity contribution in [3.8, 4) is 29.1 Å². The SMILES string of the molecule is COc1cc(CNC(=O)C(C)(C)Oc2ccc(C#N)cc2)cc(OC)c1OC. The van der Waals surface area contributed by atoms with E-state index < -0.39 is 5.60 Å². The molecule has 0 radical (unpaired) electrons. The summed E-state index contributed by atoms with van der Waals surface area (Å²) in [6, 6.07) is 12.2. The van der Waals surface area contributed by atoms with Crippen LogP contribution in [0.1, 0.15) is 25.0 Å². The first-order valence-electron chi connectivity index (χ1n) is 8.61. The molecule has 0 aliphatic carbocycles. The van der Waals surface area contributed by atoms with Gasteiger partial charge in [0, 0.05) is 6.54 Å². The third kappa shape index (κ3) is 4.86. The number of rotatable bonds is 8. The molecule has 0 heterocycles. The Bertz CT molecular complexity index is 844. The number of hydrogen-bond donors (Lipinski definition) is 1. The van der Waals surface area contributed by atoms with Crippen LogP contribution in [0.4, 0.5) is 0 Å². The summed E-state index contributed by atoms with van der Waals surface area (Å²) in [6.45, 7) is 3.61. The van der Waals surface area contributed by atoms with Crippen molar-refractivity contribution in [3.63, 3.8) is 0 Å². The second-order valence-electron chi connectivity index (χ2n) is 6.46. The van der Waals surface area contributed by atoms with Gasteiger partial charge < -0.3 is 24.3 Å². The molecule has 7 nitrogen and oxygen atoms in total. The van der Waals surface area contributed by atoms with E-state index in [0.717, 1.165) is 5.56 Å². The molecule has 1 N–H and O–H groups in total. The largest absolute Gasteiger partial charge is 0.493 e. The number of methoxy groups -OCH3 is 3. The summed E-state index contributed by atoms with van der Waals surface area (Å²) >= 11 is 0. The van der Waals surface area contributed by atoms with Gasteiger partial charge >= 0.3 is 0 Å². The summed E-state index contributed by atoms with van der Waals surface area (Å²) in [5.74, 6) is 1.74. The first kappa shape index (κ1) is 20.9. The number of hydrogen-bond acceptors (Lipinski definition) is 6. The van der Waals surface area contributed by atoms with Crippen molar-refractivity contribution in [1.29, 1.82) is 5.26 Å².